The first-order valence-corrected chi connectivity index (χ1v) is 14.2. The van der Waals surface area contributed by atoms with Crippen LogP contribution in [0.4, 0.5) is 9.59 Å². The van der Waals surface area contributed by atoms with Crippen molar-refractivity contribution < 1.29 is 19.2 Å². The first-order chi connectivity index (χ1) is 17.7. The minimum Gasteiger partial charge on any atom is -0.427 e. The van der Waals surface area contributed by atoms with E-state index in [2.05, 4.69) is 34.5 Å². The highest BCUT2D eigenvalue weighted by atomic mass is 16.8. The summed E-state index contributed by atoms with van der Waals surface area (Å²) in [6.45, 7) is 12.8. The average molecular weight is 515 g/mol. The molecule has 1 N–H and O–H groups in total. The molecule has 206 valence electrons. The molecule has 3 aliphatic heterocycles. The van der Waals surface area contributed by atoms with Gasteiger partial charge in [-0.05, 0) is 102 Å². The van der Waals surface area contributed by atoms with Gasteiger partial charge >= 0.3 is 12.2 Å². The Hall–Kier alpha value is -2.32. The predicted molar refractivity (Wildman–Crippen MR) is 144 cm³/mol. The summed E-state index contributed by atoms with van der Waals surface area (Å²) in [5.41, 5.74) is 2.10. The SMILES string of the molecule is CC(C)(C)OC(=O)ON1CCC(C2CCN(C(=O)NCCc3ccc(CN4CCCC4)cc3)CC2)CC1. The fourth-order valence-electron chi connectivity index (χ4n) is 5.82. The summed E-state index contributed by atoms with van der Waals surface area (Å²) in [6.07, 6.45) is 6.99. The molecule has 0 spiro atoms. The number of rotatable bonds is 7. The zero-order valence-corrected chi connectivity index (χ0v) is 23.0. The van der Waals surface area contributed by atoms with Gasteiger partial charge in [-0.3, -0.25) is 4.90 Å². The van der Waals surface area contributed by atoms with Crippen LogP contribution in [0.2, 0.25) is 0 Å². The number of piperidine rings is 2. The zero-order chi connectivity index (χ0) is 26.3. The summed E-state index contributed by atoms with van der Waals surface area (Å²) in [4.78, 5) is 34.5. The fourth-order valence-corrected chi connectivity index (χ4v) is 5.82. The van der Waals surface area contributed by atoms with Crippen LogP contribution in [0.1, 0.15) is 70.4 Å². The molecule has 37 heavy (non-hydrogen) atoms. The van der Waals surface area contributed by atoms with E-state index in [0.29, 0.717) is 18.4 Å². The van der Waals surface area contributed by atoms with Gasteiger partial charge in [-0.2, -0.15) is 0 Å². The quantitative estimate of drug-likeness (QED) is 0.526. The van der Waals surface area contributed by atoms with Crippen molar-refractivity contribution in [2.45, 2.75) is 77.9 Å². The van der Waals surface area contributed by atoms with E-state index in [-0.39, 0.29) is 6.03 Å². The molecule has 2 amide bonds. The van der Waals surface area contributed by atoms with Crippen molar-refractivity contribution in [1.29, 1.82) is 0 Å². The number of hydrogen-bond donors (Lipinski definition) is 1. The van der Waals surface area contributed by atoms with Gasteiger partial charge in [0.2, 0.25) is 0 Å². The van der Waals surface area contributed by atoms with E-state index in [1.54, 1.807) is 5.06 Å². The Morgan fingerprint density at radius 1 is 0.865 bits per heavy atom. The van der Waals surface area contributed by atoms with E-state index in [1.165, 1.54) is 37.1 Å². The van der Waals surface area contributed by atoms with Gasteiger partial charge in [0.1, 0.15) is 5.60 Å². The first-order valence-electron chi connectivity index (χ1n) is 14.2. The van der Waals surface area contributed by atoms with E-state index in [0.717, 1.165) is 64.8 Å². The van der Waals surface area contributed by atoms with Gasteiger partial charge in [0.25, 0.3) is 0 Å². The van der Waals surface area contributed by atoms with Crippen LogP contribution >= 0.6 is 0 Å². The van der Waals surface area contributed by atoms with Gasteiger partial charge in [0.15, 0.2) is 0 Å². The predicted octanol–water partition coefficient (Wildman–Crippen LogP) is 4.83. The summed E-state index contributed by atoms with van der Waals surface area (Å²) in [6, 6.07) is 8.92. The monoisotopic (exact) mass is 514 g/mol. The lowest BCUT2D eigenvalue weighted by molar-refractivity contribution is -0.158. The Labute approximate surface area is 222 Å². The second kappa shape index (κ2) is 13.0. The van der Waals surface area contributed by atoms with Crippen molar-refractivity contribution >= 4 is 12.2 Å². The van der Waals surface area contributed by atoms with Crippen molar-refractivity contribution in [3.63, 3.8) is 0 Å². The van der Waals surface area contributed by atoms with Gasteiger partial charge < -0.3 is 19.8 Å². The van der Waals surface area contributed by atoms with Crippen LogP contribution < -0.4 is 5.32 Å². The molecule has 0 aromatic heterocycles. The third-order valence-corrected chi connectivity index (χ3v) is 7.90. The van der Waals surface area contributed by atoms with E-state index in [9.17, 15) is 9.59 Å². The first kappa shape index (κ1) is 27.7. The number of hydroxylamine groups is 2. The number of carbonyl (C=O) groups is 2. The van der Waals surface area contributed by atoms with Crippen LogP contribution in [-0.2, 0) is 22.5 Å². The van der Waals surface area contributed by atoms with Crippen LogP contribution in [-0.4, -0.2) is 78.5 Å². The second-order valence-electron chi connectivity index (χ2n) is 11.9. The van der Waals surface area contributed by atoms with Crippen molar-refractivity contribution in [3.8, 4) is 0 Å². The van der Waals surface area contributed by atoms with Gasteiger partial charge in [-0.15, -0.1) is 5.06 Å². The molecule has 0 unspecified atom stereocenters. The number of amides is 2. The lowest BCUT2D eigenvalue weighted by atomic mass is 9.79. The largest absolute Gasteiger partial charge is 0.528 e. The zero-order valence-electron chi connectivity index (χ0n) is 23.0. The maximum absolute atomic E-state index is 12.7. The third-order valence-electron chi connectivity index (χ3n) is 7.90. The Kier molecular flexibility index (Phi) is 9.71. The number of nitrogens with one attached hydrogen (secondary N) is 1. The summed E-state index contributed by atoms with van der Waals surface area (Å²) in [5.74, 6) is 1.25. The molecule has 1 aromatic rings. The molecule has 3 saturated heterocycles. The minimum absolute atomic E-state index is 0.0599. The van der Waals surface area contributed by atoms with Crippen LogP contribution in [0.5, 0.6) is 0 Å². The lowest BCUT2D eigenvalue weighted by Gasteiger charge is -2.39. The van der Waals surface area contributed by atoms with Gasteiger partial charge in [-0.25, -0.2) is 9.59 Å². The molecule has 0 atom stereocenters. The number of carbonyl (C=O) groups excluding carboxylic acids is 2. The Balaban J connectivity index is 1.09. The highest BCUT2D eigenvalue weighted by Gasteiger charge is 2.32. The second-order valence-corrected chi connectivity index (χ2v) is 11.9. The molecular formula is C29H46N4O4. The van der Waals surface area contributed by atoms with Gasteiger partial charge in [-0.1, -0.05) is 24.3 Å². The van der Waals surface area contributed by atoms with Gasteiger partial charge in [0.05, 0.1) is 0 Å². The van der Waals surface area contributed by atoms with Crippen LogP contribution in [0.3, 0.4) is 0 Å². The minimum atomic E-state index is -0.625. The molecule has 0 bridgehead atoms. The highest BCUT2D eigenvalue weighted by molar-refractivity contribution is 5.74. The molecule has 8 nitrogen and oxygen atoms in total. The molecular weight excluding hydrogens is 468 g/mol. The van der Waals surface area contributed by atoms with Crippen molar-refractivity contribution in [3.05, 3.63) is 35.4 Å². The summed E-state index contributed by atoms with van der Waals surface area (Å²) in [5, 5.41) is 4.85. The smallest absolute Gasteiger partial charge is 0.427 e. The van der Waals surface area contributed by atoms with Crippen LogP contribution in [0, 0.1) is 11.8 Å². The summed E-state index contributed by atoms with van der Waals surface area (Å²) in [7, 11) is 0. The molecule has 0 saturated carbocycles. The number of nitrogens with zero attached hydrogens (tertiary/aromatic N) is 3. The molecule has 3 heterocycles. The number of urea groups is 1. The maximum Gasteiger partial charge on any atom is 0.528 e. The molecule has 0 radical (unpaired) electrons. The fraction of sp³-hybridized carbons (Fsp3) is 0.724. The average Bonchev–Trinajstić information content (AvgIpc) is 3.37. The lowest BCUT2D eigenvalue weighted by Crippen LogP contribution is -2.47. The Morgan fingerprint density at radius 3 is 2.03 bits per heavy atom. The maximum atomic E-state index is 12.7. The van der Waals surface area contributed by atoms with Crippen LogP contribution in [0.25, 0.3) is 0 Å². The molecule has 0 aliphatic carbocycles. The third kappa shape index (κ3) is 8.88. The van der Waals surface area contributed by atoms with Gasteiger partial charge in [0, 0.05) is 39.3 Å². The molecule has 3 fully saturated rings. The van der Waals surface area contributed by atoms with E-state index < -0.39 is 11.8 Å². The summed E-state index contributed by atoms with van der Waals surface area (Å²) >= 11 is 0. The van der Waals surface area contributed by atoms with Crippen molar-refractivity contribution in [2.75, 3.05) is 45.8 Å². The molecule has 3 aliphatic rings. The van der Waals surface area contributed by atoms with E-state index in [4.69, 9.17) is 9.57 Å². The van der Waals surface area contributed by atoms with Crippen LogP contribution in [0.15, 0.2) is 24.3 Å². The van der Waals surface area contributed by atoms with E-state index in [1.807, 2.05) is 25.7 Å². The number of likely N-dealkylation sites (tertiary alicyclic amines) is 2. The molecule has 1 aromatic carbocycles. The Bertz CT molecular complexity index is 863. The normalized spacial score (nSPS) is 20.7. The van der Waals surface area contributed by atoms with Crippen molar-refractivity contribution in [2.24, 2.45) is 11.8 Å². The van der Waals surface area contributed by atoms with E-state index >= 15 is 0 Å². The number of benzene rings is 1. The topological polar surface area (TPSA) is 74.3 Å². The summed E-state index contributed by atoms with van der Waals surface area (Å²) < 4.78 is 5.25. The Morgan fingerprint density at radius 2 is 1.43 bits per heavy atom. The standard InChI is InChI=1S/C29H46N4O4/c1-29(2,3)36-28(35)37-33-20-13-26(14-21-33)25-11-18-32(19-12-25)27(34)30-15-10-23-6-8-24(9-7-23)22-31-16-4-5-17-31/h6-9,25-26H,4-5,10-22H2,1-3H3,(H,30,34). The van der Waals surface area contributed by atoms with Crippen molar-refractivity contribution in [1.82, 2.24) is 20.2 Å². The molecule has 4 rings (SSSR count). The molecule has 8 heteroatoms. The number of hydrogen-bond acceptors (Lipinski definition) is 6. The highest BCUT2D eigenvalue weighted by Crippen LogP contribution is 2.32. The number of ether oxygens (including phenoxy) is 1.